The molecule has 0 saturated carbocycles. The lowest BCUT2D eigenvalue weighted by molar-refractivity contribution is -0.00113. The zero-order valence-electron chi connectivity index (χ0n) is 17.3. The summed E-state index contributed by atoms with van der Waals surface area (Å²) in [4.78, 5) is 4.54. The predicted octanol–water partition coefficient (Wildman–Crippen LogP) is 4.28. The number of fused-ring (bicyclic) bond motifs is 1. The molecule has 4 aromatic rings. The summed E-state index contributed by atoms with van der Waals surface area (Å²) in [7, 11) is 1.61. The first-order valence-electron chi connectivity index (χ1n) is 10.1. The van der Waals surface area contributed by atoms with E-state index in [1.54, 1.807) is 7.11 Å². The number of ether oxygens (including phenoxy) is 3. The van der Waals surface area contributed by atoms with Crippen LogP contribution in [0.15, 0.2) is 59.1 Å². The van der Waals surface area contributed by atoms with E-state index >= 15 is 0 Å². The van der Waals surface area contributed by atoms with Gasteiger partial charge in [0.05, 0.1) is 32.6 Å². The monoisotopic (exact) mass is 418 g/mol. The summed E-state index contributed by atoms with van der Waals surface area (Å²) in [6, 6.07) is 17.6. The Morgan fingerprint density at radius 3 is 2.77 bits per heavy atom. The molecule has 0 saturated heterocycles. The molecular weight excluding hydrogens is 396 g/mol. The van der Waals surface area contributed by atoms with Crippen LogP contribution in [0.5, 0.6) is 11.5 Å². The molecule has 0 radical (unpaired) electrons. The Bertz CT molecular complexity index is 1190. The highest BCUT2D eigenvalue weighted by Gasteiger charge is 2.24. The van der Waals surface area contributed by atoms with E-state index in [-0.39, 0.29) is 6.10 Å². The Hall–Kier alpha value is -3.65. The van der Waals surface area contributed by atoms with Gasteiger partial charge < -0.3 is 18.7 Å². The quantitative estimate of drug-likeness (QED) is 0.462. The van der Waals surface area contributed by atoms with Crippen molar-refractivity contribution in [1.29, 1.82) is 0 Å². The summed E-state index contributed by atoms with van der Waals surface area (Å²) in [5.41, 5.74) is 3.51. The molecule has 2 aromatic heterocycles. The van der Waals surface area contributed by atoms with Gasteiger partial charge in [-0.25, -0.2) is 0 Å². The van der Waals surface area contributed by atoms with Crippen molar-refractivity contribution in [2.24, 2.45) is 0 Å². The summed E-state index contributed by atoms with van der Waals surface area (Å²) in [5, 5.41) is 8.80. The molecule has 8 nitrogen and oxygen atoms in total. The number of hydrogen-bond donors (Lipinski definition) is 0. The third kappa shape index (κ3) is 3.77. The maximum Gasteiger partial charge on any atom is 0.278 e. The second-order valence-corrected chi connectivity index (χ2v) is 7.14. The molecule has 0 spiro atoms. The smallest absolute Gasteiger partial charge is 0.278 e. The van der Waals surface area contributed by atoms with E-state index in [0.29, 0.717) is 48.7 Å². The van der Waals surface area contributed by atoms with E-state index in [1.165, 1.54) is 0 Å². The molecule has 0 bridgehead atoms. The third-order valence-electron chi connectivity index (χ3n) is 5.17. The van der Waals surface area contributed by atoms with Gasteiger partial charge in [0.2, 0.25) is 5.82 Å². The normalized spacial score (nSPS) is 15.5. The molecule has 158 valence electrons. The van der Waals surface area contributed by atoms with Crippen LogP contribution < -0.4 is 9.47 Å². The Kier molecular flexibility index (Phi) is 5.13. The first-order chi connectivity index (χ1) is 15.2. The van der Waals surface area contributed by atoms with Crippen molar-refractivity contribution >= 4 is 0 Å². The van der Waals surface area contributed by atoms with Gasteiger partial charge >= 0.3 is 0 Å². The molecular formula is C23H22N4O4. The topological polar surface area (TPSA) is 84.4 Å². The van der Waals surface area contributed by atoms with E-state index in [9.17, 15) is 0 Å². The fraction of sp³-hybridized carbons (Fsp3) is 0.261. The van der Waals surface area contributed by atoms with Gasteiger partial charge in [-0.05, 0) is 36.8 Å². The largest absolute Gasteiger partial charge is 0.493 e. The highest BCUT2D eigenvalue weighted by Crippen LogP contribution is 2.33. The standard InChI is InChI=1S/C23H22N4O4/c1-3-29-20-11-16(9-10-19(20)28-2)22-24-23(31-26-22)18-12-17-14-30-21(13-27(17)25-18)15-7-5-4-6-8-15/h4-12,21H,3,13-14H2,1-2H3/t21-/m0/s1. The fourth-order valence-corrected chi connectivity index (χ4v) is 3.63. The highest BCUT2D eigenvalue weighted by molar-refractivity contribution is 5.62. The Morgan fingerprint density at radius 1 is 1.10 bits per heavy atom. The van der Waals surface area contributed by atoms with Gasteiger partial charge in [0.15, 0.2) is 17.2 Å². The molecule has 0 unspecified atom stereocenters. The molecule has 31 heavy (non-hydrogen) atoms. The number of aromatic nitrogens is 4. The third-order valence-corrected chi connectivity index (χ3v) is 5.17. The number of nitrogens with zero attached hydrogens (tertiary/aromatic N) is 4. The summed E-state index contributed by atoms with van der Waals surface area (Å²) in [6.45, 7) is 3.56. The minimum absolute atomic E-state index is 0.0315. The Morgan fingerprint density at radius 2 is 1.97 bits per heavy atom. The van der Waals surface area contributed by atoms with Gasteiger partial charge in [-0.15, -0.1) is 0 Å². The minimum atomic E-state index is -0.0315. The molecule has 1 aliphatic rings. The number of hydrogen-bond acceptors (Lipinski definition) is 7. The van der Waals surface area contributed by atoms with Crippen LogP contribution in [0, 0.1) is 0 Å². The van der Waals surface area contributed by atoms with E-state index in [0.717, 1.165) is 16.8 Å². The highest BCUT2D eigenvalue weighted by atomic mass is 16.5. The maximum absolute atomic E-state index is 6.02. The summed E-state index contributed by atoms with van der Waals surface area (Å²) < 4.78 is 24.4. The van der Waals surface area contributed by atoms with E-state index < -0.39 is 0 Å². The van der Waals surface area contributed by atoms with Crippen LogP contribution in [0.4, 0.5) is 0 Å². The van der Waals surface area contributed by atoms with Crippen molar-refractivity contribution in [3.63, 3.8) is 0 Å². The minimum Gasteiger partial charge on any atom is -0.493 e. The molecule has 0 aliphatic carbocycles. The number of methoxy groups -OCH3 is 1. The molecule has 0 N–H and O–H groups in total. The molecule has 0 amide bonds. The lowest BCUT2D eigenvalue weighted by atomic mass is 10.1. The first kappa shape index (κ1) is 19.3. The van der Waals surface area contributed by atoms with Crippen LogP contribution in [-0.4, -0.2) is 33.6 Å². The van der Waals surface area contributed by atoms with Crippen molar-refractivity contribution in [1.82, 2.24) is 19.9 Å². The van der Waals surface area contributed by atoms with Crippen LogP contribution in [0.1, 0.15) is 24.3 Å². The predicted molar refractivity (Wildman–Crippen MR) is 113 cm³/mol. The molecule has 3 heterocycles. The van der Waals surface area contributed by atoms with E-state index in [2.05, 4.69) is 27.4 Å². The van der Waals surface area contributed by atoms with Crippen LogP contribution in [-0.2, 0) is 17.9 Å². The Labute approximate surface area is 179 Å². The van der Waals surface area contributed by atoms with Crippen molar-refractivity contribution < 1.29 is 18.7 Å². The van der Waals surface area contributed by atoms with Gasteiger partial charge in [-0.1, -0.05) is 35.5 Å². The molecule has 0 fully saturated rings. The second kappa shape index (κ2) is 8.23. The average Bonchev–Trinajstić information content (AvgIpc) is 3.46. The second-order valence-electron chi connectivity index (χ2n) is 7.14. The van der Waals surface area contributed by atoms with Gasteiger partial charge in [0.25, 0.3) is 5.89 Å². The van der Waals surface area contributed by atoms with Gasteiger partial charge in [0.1, 0.15) is 6.10 Å². The summed E-state index contributed by atoms with van der Waals surface area (Å²) in [6.07, 6.45) is -0.0315. The number of rotatable bonds is 6. The van der Waals surface area contributed by atoms with E-state index in [1.807, 2.05) is 54.1 Å². The molecule has 2 aromatic carbocycles. The van der Waals surface area contributed by atoms with E-state index in [4.69, 9.17) is 18.7 Å². The zero-order valence-corrected chi connectivity index (χ0v) is 17.3. The van der Waals surface area contributed by atoms with Crippen molar-refractivity contribution in [2.45, 2.75) is 26.2 Å². The average molecular weight is 418 g/mol. The lowest BCUT2D eigenvalue weighted by Gasteiger charge is -2.24. The summed E-state index contributed by atoms with van der Waals surface area (Å²) >= 11 is 0. The molecule has 8 heteroatoms. The maximum atomic E-state index is 6.02. The van der Waals surface area contributed by atoms with Gasteiger partial charge in [0, 0.05) is 5.56 Å². The van der Waals surface area contributed by atoms with Crippen LogP contribution in [0.25, 0.3) is 23.0 Å². The van der Waals surface area contributed by atoms with Crippen LogP contribution in [0.2, 0.25) is 0 Å². The fourth-order valence-electron chi connectivity index (χ4n) is 3.63. The molecule has 1 aliphatic heterocycles. The Balaban J connectivity index is 1.39. The molecule has 5 rings (SSSR count). The van der Waals surface area contributed by atoms with Gasteiger partial charge in [-0.3, -0.25) is 4.68 Å². The van der Waals surface area contributed by atoms with Crippen molar-refractivity contribution in [3.05, 3.63) is 65.9 Å². The lowest BCUT2D eigenvalue weighted by Crippen LogP contribution is -2.21. The summed E-state index contributed by atoms with van der Waals surface area (Å²) in [5.74, 6) is 2.12. The molecule has 1 atom stereocenters. The number of benzene rings is 2. The van der Waals surface area contributed by atoms with Crippen LogP contribution in [0.3, 0.4) is 0 Å². The zero-order chi connectivity index (χ0) is 21.2. The SMILES string of the molecule is CCOc1cc(-c2noc(-c3cc4n(n3)C[C@@H](c3ccccc3)OC4)n2)ccc1OC. The first-order valence-corrected chi connectivity index (χ1v) is 10.1. The van der Waals surface area contributed by atoms with Crippen molar-refractivity contribution in [3.8, 4) is 34.5 Å². The van der Waals surface area contributed by atoms with Gasteiger partial charge in [-0.2, -0.15) is 10.1 Å². The van der Waals surface area contributed by atoms with Crippen LogP contribution >= 0.6 is 0 Å². The van der Waals surface area contributed by atoms with Crippen molar-refractivity contribution in [2.75, 3.05) is 13.7 Å².